The van der Waals surface area contributed by atoms with Crippen molar-refractivity contribution in [2.75, 3.05) is 0 Å². The number of carbonyl (C=O) groups is 1. The van der Waals surface area contributed by atoms with Crippen molar-refractivity contribution in [3.8, 4) is 11.8 Å². The molecule has 0 heterocycles. The molecule has 114 valence electrons. The van der Waals surface area contributed by atoms with Crippen LogP contribution in [0.15, 0.2) is 0 Å². The fraction of sp³-hybridized carbons (Fsp3) is 0.833. The lowest BCUT2D eigenvalue weighted by Crippen LogP contribution is -2.00. The van der Waals surface area contributed by atoms with Gasteiger partial charge in [0.2, 0.25) is 0 Å². The SMILES string of the molecule is O=C(O)C#CC1CCCCCCCCCCCCCC1. The first-order valence-corrected chi connectivity index (χ1v) is 8.53. The smallest absolute Gasteiger partial charge is 0.381 e. The van der Waals surface area contributed by atoms with Crippen LogP contribution in [-0.2, 0) is 4.79 Å². The summed E-state index contributed by atoms with van der Waals surface area (Å²) in [5.41, 5.74) is 0. The third kappa shape index (κ3) is 9.89. The molecule has 1 rings (SSSR count). The minimum atomic E-state index is -0.985. The first-order valence-electron chi connectivity index (χ1n) is 8.53. The van der Waals surface area contributed by atoms with Gasteiger partial charge in [0, 0.05) is 11.8 Å². The minimum absolute atomic E-state index is 0.302. The van der Waals surface area contributed by atoms with E-state index < -0.39 is 5.97 Å². The molecule has 2 heteroatoms. The second-order valence-electron chi connectivity index (χ2n) is 6.09. The number of aliphatic carboxylic acids is 1. The van der Waals surface area contributed by atoms with Crippen LogP contribution in [0.2, 0.25) is 0 Å². The second-order valence-corrected chi connectivity index (χ2v) is 6.09. The van der Waals surface area contributed by atoms with Gasteiger partial charge in [0.25, 0.3) is 0 Å². The van der Waals surface area contributed by atoms with Gasteiger partial charge in [-0.2, -0.15) is 0 Å². The summed E-state index contributed by atoms with van der Waals surface area (Å²) in [6.07, 6.45) is 18.1. The highest BCUT2D eigenvalue weighted by Crippen LogP contribution is 2.20. The molecule has 20 heavy (non-hydrogen) atoms. The zero-order valence-electron chi connectivity index (χ0n) is 12.8. The van der Waals surface area contributed by atoms with Crippen LogP contribution in [0.3, 0.4) is 0 Å². The van der Waals surface area contributed by atoms with Gasteiger partial charge in [0.15, 0.2) is 0 Å². The highest BCUT2D eigenvalue weighted by molar-refractivity contribution is 5.86. The second kappa shape index (κ2) is 11.8. The Labute approximate surface area is 124 Å². The fourth-order valence-corrected chi connectivity index (χ4v) is 3.00. The number of hydrogen-bond acceptors (Lipinski definition) is 1. The molecule has 0 saturated heterocycles. The van der Waals surface area contributed by atoms with Gasteiger partial charge in [-0.1, -0.05) is 83.0 Å². The standard InChI is InChI=1S/C18H30O2/c19-18(20)16-15-17-13-11-9-7-5-3-1-2-4-6-8-10-12-14-17/h17H,1-14H2,(H,19,20). The largest absolute Gasteiger partial charge is 0.472 e. The first kappa shape index (κ1) is 17.1. The third-order valence-corrected chi connectivity index (χ3v) is 4.24. The topological polar surface area (TPSA) is 37.3 Å². The maximum Gasteiger partial charge on any atom is 0.381 e. The van der Waals surface area contributed by atoms with E-state index in [4.69, 9.17) is 5.11 Å². The highest BCUT2D eigenvalue weighted by atomic mass is 16.4. The molecule has 1 saturated carbocycles. The Balaban J connectivity index is 2.36. The lowest BCUT2D eigenvalue weighted by atomic mass is 9.95. The van der Waals surface area contributed by atoms with Crippen LogP contribution in [0.5, 0.6) is 0 Å². The summed E-state index contributed by atoms with van der Waals surface area (Å²) in [5, 5.41) is 8.68. The van der Waals surface area contributed by atoms with Gasteiger partial charge in [-0.15, -0.1) is 0 Å². The normalized spacial score (nSPS) is 21.0. The van der Waals surface area contributed by atoms with Crippen LogP contribution >= 0.6 is 0 Å². The Kier molecular flexibility index (Phi) is 10.1. The number of carboxylic acid groups (broad SMARTS) is 1. The van der Waals surface area contributed by atoms with E-state index in [1.54, 1.807) is 0 Å². The molecule has 0 spiro atoms. The fourth-order valence-electron chi connectivity index (χ4n) is 3.00. The van der Waals surface area contributed by atoms with E-state index in [1.165, 1.54) is 77.0 Å². The van der Waals surface area contributed by atoms with Gasteiger partial charge in [0.1, 0.15) is 0 Å². The molecule has 0 bridgehead atoms. The molecule has 1 N–H and O–H groups in total. The van der Waals surface area contributed by atoms with E-state index >= 15 is 0 Å². The molecule has 0 atom stereocenters. The van der Waals surface area contributed by atoms with E-state index in [0.717, 1.165) is 12.8 Å². The van der Waals surface area contributed by atoms with Crippen molar-refractivity contribution in [1.82, 2.24) is 0 Å². The summed E-state index contributed by atoms with van der Waals surface area (Å²) in [6, 6.07) is 0. The third-order valence-electron chi connectivity index (χ3n) is 4.24. The van der Waals surface area contributed by atoms with Gasteiger partial charge in [-0.25, -0.2) is 4.79 Å². The van der Waals surface area contributed by atoms with E-state index in [0.29, 0.717) is 5.92 Å². The summed E-state index contributed by atoms with van der Waals surface area (Å²) in [4.78, 5) is 10.6. The van der Waals surface area contributed by atoms with Crippen molar-refractivity contribution in [2.45, 2.75) is 89.9 Å². The maximum absolute atomic E-state index is 10.6. The van der Waals surface area contributed by atoms with Crippen molar-refractivity contribution < 1.29 is 9.90 Å². The van der Waals surface area contributed by atoms with Crippen LogP contribution in [-0.4, -0.2) is 11.1 Å². The molecule has 0 aliphatic heterocycles. The van der Waals surface area contributed by atoms with Crippen molar-refractivity contribution in [2.24, 2.45) is 5.92 Å². The van der Waals surface area contributed by atoms with E-state index in [1.807, 2.05) is 0 Å². The molecule has 0 aromatic heterocycles. The summed E-state index contributed by atoms with van der Waals surface area (Å²) in [6.45, 7) is 0. The quantitative estimate of drug-likeness (QED) is 0.621. The number of rotatable bonds is 0. The highest BCUT2D eigenvalue weighted by Gasteiger charge is 2.06. The lowest BCUT2D eigenvalue weighted by molar-refractivity contribution is -0.130. The van der Waals surface area contributed by atoms with Gasteiger partial charge in [-0.3, -0.25) is 0 Å². The van der Waals surface area contributed by atoms with Gasteiger partial charge in [0.05, 0.1) is 0 Å². The molecule has 2 nitrogen and oxygen atoms in total. The van der Waals surface area contributed by atoms with E-state index in [9.17, 15) is 4.79 Å². The maximum atomic E-state index is 10.6. The summed E-state index contributed by atoms with van der Waals surface area (Å²) >= 11 is 0. The zero-order valence-corrected chi connectivity index (χ0v) is 12.8. The minimum Gasteiger partial charge on any atom is -0.472 e. The molecule has 1 aliphatic rings. The molecule has 1 aliphatic carbocycles. The van der Waals surface area contributed by atoms with E-state index in [2.05, 4.69) is 11.8 Å². The zero-order chi connectivity index (χ0) is 14.5. The molecule has 0 radical (unpaired) electrons. The lowest BCUT2D eigenvalue weighted by Gasteiger charge is -2.10. The predicted molar refractivity (Wildman–Crippen MR) is 83.5 cm³/mol. The van der Waals surface area contributed by atoms with Gasteiger partial charge >= 0.3 is 5.97 Å². The van der Waals surface area contributed by atoms with E-state index in [-0.39, 0.29) is 0 Å². The Morgan fingerprint density at radius 2 is 1.05 bits per heavy atom. The van der Waals surface area contributed by atoms with Gasteiger partial charge in [-0.05, 0) is 12.8 Å². The van der Waals surface area contributed by atoms with Crippen LogP contribution in [0, 0.1) is 17.8 Å². The van der Waals surface area contributed by atoms with Gasteiger partial charge < -0.3 is 5.11 Å². The molecule has 0 aromatic carbocycles. The molecule has 0 unspecified atom stereocenters. The Morgan fingerprint density at radius 1 is 0.700 bits per heavy atom. The number of hydrogen-bond donors (Lipinski definition) is 1. The Morgan fingerprint density at radius 3 is 1.40 bits per heavy atom. The van der Waals surface area contributed by atoms with Crippen molar-refractivity contribution in [1.29, 1.82) is 0 Å². The Hall–Kier alpha value is -0.970. The molecular formula is C18H30O2. The molecule has 0 amide bonds. The van der Waals surface area contributed by atoms with Crippen molar-refractivity contribution >= 4 is 5.97 Å². The van der Waals surface area contributed by atoms with Crippen LogP contribution < -0.4 is 0 Å². The molecular weight excluding hydrogens is 248 g/mol. The first-order chi connectivity index (χ1) is 9.79. The van der Waals surface area contributed by atoms with Crippen molar-refractivity contribution in [3.05, 3.63) is 0 Å². The van der Waals surface area contributed by atoms with Crippen LogP contribution in [0.25, 0.3) is 0 Å². The monoisotopic (exact) mass is 278 g/mol. The van der Waals surface area contributed by atoms with Crippen molar-refractivity contribution in [3.63, 3.8) is 0 Å². The summed E-state index contributed by atoms with van der Waals surface area (Å²) in [7, 11) is 0. The molecule has 1 fully saturated rings. The molecule has 0 aromatic rings. The van der Waals surface area contributed by atoms with Crippen LogP contribution in [0.4, 0.5) is 0 Å². The summed E-state index contributed by atoms with van der Waals surface area (Å²) < 4.78 is 0. The average Bonchev–Trinajstić information content (AvgIpc) is 2.44. The Bertz CT molecular complexity index is 295. The summed E-state index contributed by atoms with van der Waals surface area (Å²) in [5.74, 6) is 4.61. The number of carboxylic acids is 1. The van der Waals surface area contributed by atoms with Crippen LogP contribution in [0.1, 0.15) is 89.9 Å². The average molecular weight is 278 g/mol. The predicted octanol–water partition coefficient (Wildman–Crippen LogP) is 5.17.